The maximum atomic E-state index is 11.4. The van der Waals surface area contributed by atoms with E-state index >= 15 is 0 Å². The fourth-order valence-corrected chi connectivity index (χ4v) is 3.00. The molecule has 0 aliphatic carbocycles. The van der Waals surface area contributed by atoms with Crippen molar-refractivity contribution in [3.05, 3.63) is 45.9 Å². The van der Waals surface area contributed by atoms with Crippen LogP contribution in [0.2, 0.25) is 5.02 Å². The zero-order valence-corrected chi connectivity index (χ0v) is 13.5. The minimum absolute atomic E-state index is 0.0419. The van der Waals surface area contributed by atoms with Crippen LogP contribution >= 0.6 is 22.9 Å². The van der Waals surface area contributed by atoms with E-state index in [-0.39, 0.29) is 18.4 Å². The van der Waals surface area contributed by atoms with E-state index in [1.807, 2.05) is 36.6 Å². The van der Waals surface area contributed by atoms with Crippen LogP contribution in [-0.4, -0.2) is 17.6 Å². The van der Waals surface area contributed by atoms with Gasteiger partial charge in [0.15, 0.2) is 5.13 Å². The van der Waals surface area contributed by atoms with E-state index in [4.69, 9.17) is 16.3 Å². The highest BCUT2D eigenvalue weighted by Gasteiger charge is 2.12. The Kier molecular flexibility index (Phi) is 5.59. The van der Waals surface area contributed by atoms with Gasteiger partial charge in [-0.15, -0.1) is 11.3 Å². The molecule has 4 nitrogen and oxygen atoms in total. The average Bonchev–Trinajstić information content (AvgIpc) is 2.86. The predicted octanol–water partition coefficient (Wildman–Crippen LogP) is 4.08. The van der Waals surface area contributed by atoms with Crippen molar-refractivity contribution >= 4 is 34.0 Å². The number of benzene rings is 1. The Balaban J connectivity index is 1.99. The molecule has 1 aromatic heterocycles. The van der Waals surface area contributed by atoms with Gasteiger partial charge >= 0.3 is 5.97 Å². The highest BCUT2D eigenvalue weighted by atomic mass is 35.5. The zero-order chi connectivity index (χ0) is 15.2. The smallest absolute Gasteiger partial charge is 0.311 e. The largest absolute Gasteiger partial charge is 0.466 e. The molecule has 0 saturated heterocycles. The van der Waals surface area contributed by atoms with Crippen molar-refractivity contribution in [1.29, 1.82) is 0 Å². The van der Waals surface area contributed by atoms with Crippen LogP contribution in [-0.2, 0) is 16.0 Å². The van der Waals surface area contributed by atoms with Gasteiger partial charge in [0.25, 0.3) is 0 Å². The van der Waals surface area contributed by atoms with Crippen LogP contribution < -0.4 is 5.32 Å². The molecule has 0 aliphatic rings. The first kappa shape index (κ1) is 15.8. The SMILES string of the molecule is CCOC(=O)Cc1csc(NC(C)c2ccccc2Cl)n1. The first-order valence-corrected chi connectivity index (χ1v) is 7.97. The molecule has 0 saturated carbocycles. The molecule has 1 N–H and O–H groups in total. The number of ether oxygens (including phenoxy) is 1. The second-order valence-corrected chi connectivity index (χ2v) is 5.78. The number of esters is 1. The number of rotatable bonds is 6. The van der Waals surface area contributed by atoms with Crippen molar-refractivity contribution in [2.45, 2.75) is 26.3 Å². The molecule has 2 rings (SSSR count). The van der Waals surface area contributed by atoms with Crippen LogP contribution in [0.5, 0.6) is 0 Å². The molecule has 0 amide bonds. The third-order valence-corrected chi connectivity index (χ3v) is 4.06. The molecule has 6 heteroatoms. The molecule has 2 aromatic rings. The van der Waals surface area contributed by atoms with Crippen LogP contribution in [0.1, 0.15) is 31.1 Å². The molecule has 112 valence electrons. The lowest BCUT2D eigenvalue weighted by Gasteiger charge is -2.14. The summed E-state index contributed by atoms with van der Waals surface area (Å²) in [6.45, 7) is 4.20. The second kappa shape index (κ2) is 7.43. The normalized spacial score (nSPS) is 12.0. The Labute approximate surface area is 133 Å². The van der Waals surface area contributed by atoms with Gasteiger partial charge in [0.05, 0.1) is 24.8 Å². The minimum Gasteiger partial charge on any atom is -0.466 e. The number of hydrogen-bond donors (Lipinski definition) is 1. The van der Waals surface area contributed by atoms with E-state index in [1.54, 1.807) is 6.92 Å². The van der Waals surface area contributed by atoms with E-state index in [9.17, 15) is 4.79 Å². The van der Waals surface area contributed by atoms with Gasteiger partial charge in [0.1, 0.15) is 0 Å². The molecule has 1 unspecified atom stereocenters. The summed E-state index contributed by atoms with van der Waals surface area (Å²) < 4.78 is 4.91. The van der Waals surface area contributed by atoms with Crippen molar-refractivity contribution in [3.63, 3.8) is 0 Å². The molecule has 0 spiro atoms. The summed E-state index contributed by atoms with van der Waals surface area (Å²) in [7, 11) is 0. The van der Waals surface area contributed by atoms with Crippen LogP contribution in [0.4, 0.5) is 5.13 Å². The van der Waals surface area contributed by atoms with Gasteiger partial charge in [-0.1, -0.05) is 29.8 Å². The highest BCUT2D eigenvalue weighted by Crippen LogP contribution is 2.27. The number of carbonyl (C=O) groups is 1. The average molecular weight is 325 g/mol. The molecule has 0 bridgehead atoms. The van der Waals surface area contributed by atoms with E-state index in [0.29, 0.717) is 12.3 Å². The Morgan fingerprint density at radius 2 is 2.24 bits per heavy atom. The molecule has 1 atom stereocenters. The number of thiazole rings is 1. The summed E-state index contributed by atoms with van der Waals surface area (Å²) in [4.78, 5) is 15.8. The molecular weight excluding hydrogens is 308 g/mol. The molecule has 0 fully saturated rings. The second-order valence-electron chi connectivity index (χ2n) is 4.51. The fraction of sp³-hybridized carbons (Fsp3) is 0.333. The zero-order valence-electron chi connectivity index (χ0n) is 11.9. The van der Waals surface area contributed by atoms with Gasteiger partial charge in [0.2, 0.25) is 0 Å². The van der Waals surface area contributed by atoms with Crippen molar-refractivity contribution < 1.29 is 9.53 Å². The first-order chi connectivity index (χ1) is 10.1. The molecule has 21 heavy (non-hydrogen) atoms. The van der Waals surface area contributed by atoms with Crippen LogP contribution in [0.15, 0.2) is 29.6 Å². The third-order valence-electron chi connectivity index (χ3n) is 2.89. The first-order valence-electron chi connectivity index (χ1n) is 6.71. The maximum Gasteiger partial charge on any atom is 0.311 e. The predicted molar refractivity (Wildman–Crippen MR) is 85.9 cm³/mol. The van der Waals surface area contributed by atoms with Gasteiger partial charge in [-0.05, 0) is 25.5 Å². The summed E-state index contributed by atoms with van der Waals surface area (Å²) >= 11 is 7.64. The lowest BCUT2D eigenvalue weighted by Crippen LogP contribution is -2.09. The molecule has 1 heterocycles. The quantitative estimate of drug-likeness (QED) is 0.814. The minimum atomic E-state index is -0.256. The molecule has 1 aromatic carbocycles. The van der Waals surface area contributed by atoms with Crippen LogP contribution in [0, 0.1) is 0 Å². The standard InChI is InChI=1S/C15H17ClN2O2S/c1-3-20-14(19)8-11-9-21-15(18-11)17-10(2)12-6-4-5-7-13(12)16/h4-7,9-10H,3,8H2,1-2H3,(H,17,18). The number of halogens is 1. The van der Waals surface area contributed by atoms with Crippen LogP contribution in [0.3, 0.4) is 0 Å². The van der Waals surface area contributed by atoms with Crippen LogP contribution in [0.25, 0.3) is 0 Å². The Morgan fingerprint density at radius 3 is 2.95 bits per heavy atom. The van der Waals surface area contributed by atoms with Gasteiger partial charge in [-0.25, -0.2) is 4.98 Å². The Bertz CT molecular complexity index is 615. The molecule has 0 radical (unpaired) electrons. The third kappa shape index (κ3) is 4.44. The van der Waals surface area contributed by atoms with Crippen molar-refractivity contribution in [1.82, 2.24) is 4.98 Å². The van der Waals surface area contributed by atoms with Gasteiger partial charge in [-0.2, -0.15) is 0 Å². The Morgan fingerprint density at radius 1 is 1.48 bits per heavy atom. The van der Waals surface area contributed by atoms with E-state index < -0.39 is 0 Å². The van der Waals surface area contributed by atoms with E-state index in [2.05, 4.69) is 10.3 Å². The lowest BCUT2D eigenvalue weighted by atomic mass is 10.1. The van der Waals surface area contributed by atoms with Crippen molar-refractivity contribution in [2.24, 2.45) is 0 Å². The topological polar surface area (TPSA) is 51.2 Å². The lowest BCUT2D eigenvalue weighted by molar-refractivity contribution is -0.142. The fourth-order valence-electron chi connectivity index (χ4n) is 1.90. The number of anilines is 1. The van der Waals surface area contributed by atoms with Gasteiger partial charge in [-0.3, -0.25) is 4.79 Å². The molecule has 0 aliphatic heterocycles. The number of hydrogen-bond acceptors (Lipinski definition) is 5. The number of nitrogens with zero attached hydrogens (tertiary/aromatic N) is 1. The van der Waals surface area contributed by atoms with Crippen molar-refractivity contribution in [3.8, 4) is 0 Å². The summed E-state index contributed by atoms with van der Waals surface area (Å²) in [5.74, 6) is -0.256. The Hall–Kier alpha value is -1.59. The van der Waals surface area contributed by atoms with Crippen molar-refractivity contribution in [2.75, 3.05) is 11.9 Å². The number of aromatic nitrogens is 1. The van der Waals surface area contributed by atoms with Gasteiger partial charge in [0, 0.05) is 10.4 Å². The summed E-state index contributed by atoms with van der Waals surface area (Å²) in [6.07, 6.45) is 0.201. The monoisotopic (exact) mass is 324 g/mol. The van der Waals surface area contributed by atoms with Gasteiger partial charge < -0.3 is 10.1 Å². The van der Waals surface area contributed by atoms with E-state index in [1.165, 1.54) is 11.3 Å². The highest BCUT2D eigenvalue weighted by molar-refractivity contribution is 7.13. The number of carbonyl (C=O) groups excluding carboxylic acids is 1. The number of nitrogens with one attached hydrogen (secondary N) is 1. The summed E-state index contributed by atoms with van der Waals surface area (Å²) in [5, 5.41) is 6.64. The molecular formula is C15H17ClN2O2S. The maximum absolute atomic E-state index is 11.4. The van der Waals surface area contributed by atoms with E-state index in [0.717, 1.165) is 15.7 Å². The summed E-state index contributed by atoms with van der Waals surface area (Å²) in [5.41, 5.74) is 1.73. The summed E-state index contributed by atoms with van der Waals surface area (Å²) in [6, 6.07) is 7.74.